The SMILES string of the molecule is COc1cccc2ccc(C(=O)Nc3cccnc3Cl)nc12. The third-order valence-electron chi connectivity index (χ3n) is 3.14. The maximum atomic E-state index is 12.3. The highest BCUT2D eigenvalue weighted by Crippen LogP contribution is 2.24. The van der Waals surface area contributed by atoms with E-state index in [1.807, 2.05) is 18.2 Å². The average Bonchev–Trinajstić information content (AvgIpc) is 2.55. The number of anilines is 1. The van der Waals surface area contributed by atoms with Crippen molar-refractivity contribution in [3.63, 3.8) is 0 Å². The molecule has 0 atom stereocenters. The van der Waals surface area contributed by atoms with Gasteiger partial charge in [-0.2, -0.15) is 0 Å². The van der Waals surface area contributed by atoms with Gasteiger partial charge in [0.15, 0.2) is 5.15 Å². The summed E-state index contributed by atoms with van der Waals surface area (Å²) in [5.74, 6) is 0.259. The fourth-order valence-corrected chi connectivity index (χ4v) is 2.24. The second-order valence-corrected chi connectivity index (χ2v) is 4.88. The summed E-state index contributed by atoms with van der Waals surface area (Å²) in [5, 5.41) is 3.82. The van der Waals surface area contributed by atoms with Gasteiger partial charge in [-0.3, -0.25) is 4.79 Å². The highest BCUT2D eigenvalue weighted by atomic mass is 35.5. The van der Waals surface area contributed by atoms with Crippen molar-refractivity contribution < 1.29 is 9.53 Å². The number of methoxy groups -OCH3 is 1. The van der Waals surface area contributed by atoms with Gasteiger partial charge in [-0.1, -0.05) is 29.8 Å². The normalized spacial score (nSPS) is 10.5. The van der Waals surface area contributed by atoms with Gasteiger partial charge in [0.2, 0.25) is 0 Å². The van der Waals surface area contributed by atoms with Crippen LogP contribution < -0.4 is 10.1 Å². The molecule has 0 fully saturated rings. The molecule has 0 unspecified atom stereocenters. The molecular formula is C16H12ClN3O2. The summed E-state index contributed by atoms with van der Waals surface area (Å²) < 4.78 is 5.27. The molecule has 0 radical (unpaired) electrons. The maximum Gasteiger partial charge on any atom is 0.274 e. The molecule has 1 N–H and O–H groups in total. The monoisotopic (exact) mass is 313 g/mol. The summed E-state index contributed by atoms with van der Waals surface area (Å²) in [5.41, 5.74) is 1.35. The number of nitrogens with one attached hydrogen (secondary N) is 1. The number of pyridine rings is 2. The first-order valence-corrected chi connectivity index (χ1v) is 6.92. The van der Waals surface area contributed by atoms with Gasteiger partial charge in [-0.25, -0.2) is 9.97 Å². The first-order valence-electron chi connectivity index (χ1n) is 6.54. The summed E-state index contributed by atoms with van der Waals surface area (Å²) in [6.07, 6.45) is 1.55. The number of fused-ring (bicyclic) bond motifs is 1. The van der Waals surface area contributed by atoms with Crippen LogP contribution in [0.4, 0.5) is 5.69 Å². The molecule has 0 spiro atoms. The Hall–Kier alpha value is -2.66. The topological polar surface area (TPSA) is 64.1 Å². The van der Waals surface area contributed by atoms with E-state index < -0.39 is 0 Å². The second-order valence-electron chi connectivity index (χ2n) is 4.52. The zero-order valence-electron chi connectivity index (χ0n) is 11.7. The molecule has 6 heteroatoms. The number of ether oxygens (including phenoxy) is 1. The first-order chi connectivity index (χ1) is 10.7. The first kappa shape index (κ1) is 14.3. The lowest BCUT2D eigenvalue weighted by Gasteiger charge is -2.08. The van der Waals surface area contributed by atoms with Crippen LogP contribution in [0.1, 0.15) is 10.5 Å². The van der Waals surface area contributed by atoms with Crippen molar-refractivity contribution in [2.45, 2.75) is 0 Å². The summed E-state index contributed by atoms with van der Waals surface area (Å²) in [6.45, 7) is 0. The van der Waals surface area contributed by atoms with Crippen molar-refractivity contribution in [2.75, 3.05) is 12.4 Å². The van der Waals surface area contributed by atoms with Crippen LogP contribution in [0.15, 0.2) is 48.7 Å². The third-order valence-corrected chi connectivity index (χ3v) is 3.44. The van der Waals surface area contributed by atoms with Gasteiger partial charge in [-0.15, -0.1) is 0 Å². The molecule has 0 aliphatic heterocycles. The van der Waals surface area contributed by atoms with Gasteiger partial charge < -0.3 is 10.1 Å². The maximum absolute atomic E-state index is 12.3. The van der Waals surface area contributed by atoms with Crippen LogP contribution in [-0.2, 0) is 0 Å². The third kappa shape index (κ3) is 2.71. The summed E-state index contributed by atoms with van der Waals surface area (Å²) in [7, 11) is 1.57. The number of para-hydroxylation sites is 1. The molecule has 0 aliphatic carbocycles. The van der Waals surface area contributed by atoms with Gasteiger partial charge in [-0.05, 0) is 24.3 Å². The molecule has 1 aromatic carbocycles. The number of hydrogen-bond donors (Lipinski definition) is 1. The van der Waals surface area contributed by atoms with Gasteiger partial charge in [0, 0.05) is 11.6 Å². The lowest BCUT2D eigenvalue weighted by molar-refractivity contribution is 0.102. The van der Waals surface area contributed by atoms with Crippen LogP contribution in [0.25, 0.3) is 10.9 Å². The van der Waals surface area contributed by atoms with Crippen molar-refractivity contribution in [1.82, 2.24) is 9.97 Å². The van der Waals surface area contributed by atoms with Crippen LogP contribution in [0.2, 0.25) is 5.15 Å². The summed E-state index contributed by atoms with van der Waals surface area (Å²) >= 11 is 5.93. The minimum absolute atomic E-state index is 0.231. The summed E-state index contributed by atoms with van der Waals surface area (Å²) in [6, 6.07) is 12.4. The van der Waals surface area contributed by atoms with Gasteiger partial charge in [0.05, 0.1) is 12.8 Å². The molecule has 3 aromatic rings. The molecule has 2 aromatic heterocycles. The molecule has 0 saturated carbocycles. The Bertz CT molecular complexity index is 852. The Morgan fingerprint density at radius 1 is 1.18 bits per heavy atom. The molecule has 5 nitrogen and oxygen atoms in total. The van der Waals surface area contributed by atoms with E-state index in [4.69, 9.17) is 16.3 Å². The van der Waals surface area contributed by atoms with E-state index >= 15 is 0 Å². The van der Waals surface area contributed by atoms with Gasteiger partial charge in [0.1, 0.15) is 17.0 Å². The van der Waals surface area contributed by atoms with Crippen molar-refractivity contribution in [1.29, 1.82) is 0 Å². The standard InChI is InChI=1S/C16H12ClN3O2/c1-22-13-6-2-4-10-7-8-12(19-14(10)13)16(21)20-11-5-3-9-18-15(11)17/h2-9H,1H3,(H,20,21). The molecule has 0 aliphatic rings. The molecule has 1 amide bonds. The van der Waals surface area contributed by atoms with E-state index in [2.05, 4.69) is 15.3 Å². The number of nitrogens with zero attached hydrogens (tertiary/aromatic N) is 2. The Morgan fingerprint density at radius 3 is 2.82 bits per heavy atom. The Balaban J connectivity index is 1.96. The average molecular weight is 314 g/mol. The smallest absolute Gasteiger partial charge is 0.274 e. The van der Waals surface area contributed by atoms with Crippen molar-refractivity contribution >= 4 is 34.1 Å². The van der Waals surface area contributed by atoms with Crippen LogP contribution in [0, 0.1) is 0 Å². The van der Waals surface area contributed by atoms with Crippen LogP contribution in [0.5, 0.6) is 5.75 Å². The van der Waals surface area contributed by atoms with Crippen LogP contribution in [-0.4, -0.2) is 23.0 Å². The number of carbonyl (C=O) groups excluding carboxylic acids is 1. The van der Waals surface area contributed by atoms with E-state index in [0.29, 0.717) is 17.0 Å². The highest BCUT2D eigenvalue weighted by molar-refractivity contribution is 6.32. The summed E-state index contributed by atoms with van der Waals surface area (Å²) in [4.78, 5) is 20.6. The van der Waals surface area contributed by atoms with E-state index in [1.54, 1.807) is 37.6 Å². The molecule has 2 heterocycles. The Morgan fingerprint density at radius 2 is 2.05 bits per heavy atom. The largest absolute Gasteiger partial charge is 0.494 e. The number of rotatable bonds is 3. The quantitative estimate of drug-likeness (QED) is 0.751. The lowest BCUT2D eigenvalue weighted by atomic mass is 10.2. The highest BCUT2D eigenvalue weighted by Gasteiger charge is 2.12. The molecule has 110 valence electrons. The van der Waals surface area contributed by atoms with Crippen LogP contribution >= 0.6 is 11.6 Å². The Labute approximate surface area is 131 Å². The van der Waals surface area contributed by atoms with E-state index in [0.717, 1.165) is 5.39 Å². The van der Waals surface area contributed by atoms with Gasteiger partial charge in [0.25, 0.3) is 5.91 Å². The fraction of sp³-hybridized carbons (Fsp3) is 0.0625. The zero-order valence-corrected chi connectivity index (χ0v) is 12.5. The van der Waals surface area contributed by atoms with E-state index in [-0.39, 0.29) is 16.8 Å². The minimum atomic E-state index is -0.359. The van der Waals surface area contributed by atoms with Crippen molar-refractivity contribution in [3.8, 4) is 5.75 Å². The second kappa shape index (κ2) is 5.99. The predicted molar refractivity (Wildman–Crippen MR) is 85.5 cm³/mol. The van der Waals surface area contributed by atoms with Crippen LogP contribution in [0.3, 0.4) is 0 Å². The number of carbonyl (C=O) groups is 1. The minimum Gasteiger partial charge on any atom is -0.494 e. The Kier molecular flexibility index (Phi) is 3.89. The van der Waals surface area contributed by atoms with Crippen molar-refractivity contribution in [2.24, 2.45) is 0 Å². The molecule has 0 bridgehead atoms. The lowest BCUT2D eigenvalue weighted by Crippen LogP contribution is -2.14. The number of aromatic nitrogens is 2. The molecule has 3 rings (SSSR count). The number of halogens is 1. The molecular weight excluding hydrogens is 302 g/mol. The fourth-order valence-electron chi connectivity index (χ4n) is 2.08. The predicted octanol–water partition coefficient (Wildman–Crippen LogP) is 3.54. The molecule has 0 saturated heterocycles. The number of benzene rings is 1. The van der Waals surface area contributed by atoms with E-state index in [1.165, 1.54) is 0 Å². The molecule has 22 heavy (non-hydrogen) atoms. The van der Waals surface area contributed by atoms with Gasteiger partial charge >= 0.3 is 0 Å². The number of amides is 1. The number of hydrogen-bond acceptors (Lipinski definition) is 4. The van der Waals surface area contributed by atoms with E-state index in [9.17, 15) is 4.79 Å². The van der Waals surface area contributed by atoms with Crippen molar-refractivity contribution in [3.05, 3.63) is 59.5 Å². The zero-order chi connectivity index (χ0) is 15.5.